The summed E-state index contributed by atoms with van der Waals surface area (Å²) in [6.07, 6.45) is -19.7. The topological polar surface area (TPSA) is 34.1 Å². The van der Waals surface area contributed by atoms with Crippen LogP contribution in [0, 0.1) is 0 Å². The summed E-state index contributed by atoms with van der Waals surface area (Å²) in [5.41, 5.74) is 0. The number of halogens is 8. The largest absolute Gasteiger partial charge is 0.391 e. The van der Waals surface area contributed by atoms with Crippen LogP contribution in [0.4, 0.5) is 35.1 Å². The van der Waals surface area contributed by atoms with Crippen molar-refractivity contribution in [3.63, 3.8) is 0 Å². The van der Waals surface area contributed by atoms with Crippen LogP contribution in [0.2, 0.25) is 0 Å². The molecule has 0 aromatic carbocycles. The third-order valence-corrected chi connectivity index (χ3v) is 3.51. The van der Waals surface area contributed by atoms with Crippen LogP contribution in [-0.4, -0.2) is 44.6 Å². The number of alkyl halides is 8. The van der Waals surface area contributed by atoms with Gasteiger partial charge in [-0.15, -0.1) is 0 Å². The molecule has 0 aliphatic carbocycles. The predicted octanol–water partition coefficient (Wildman–Crippen LogP) is 2.98. The van der Waals surface area contributed by atoms with Gasteiger partial charge in [-0.05, 0) is 0 Å². The maximum atomic E-state index is 12.7. The number of hydrogen-bond acceptors (Lipinski definition) is 2. The summed E-state index contributed by atoms with van der Waals surface area (Å²) in [5.74, 6) is -3.32. The highest BCUT2D eigenvalue weighted by Crippen LogP contribution is 2.26. The maximum absolute atomic E-state index is 12.7. The third kappa shape index (κ3) is 11.0. The second kappa shape index (κ2) is 6.23. The Morgan fingerprint density at radius 3 is 1.21 bits per heavy atom. The van der Waals surface area contributed by atoms with Crippen LogP contribution in [-0.2, 0) is 9.84 Å². The lowest BCUT2D eigenvalue weighted by molar-refractivity contribution is -0.144. The average molecular weight is 322 g/mol. The van der Waals surface area contributed by atoms with E-state index in [0.717, 1.165) is 0 Å². The van der Waals surface area contributed by atoms with Crippen LogP contribution in [0.1, 0.15) is 12.8 Å². The monoisotopic (exact) mass is 322 g/mol. The normalized spacial score (nSPS) is 17.3. The molecule has 0 aromatic heterocycles. The molecule has 0 heterocycles. The second-order valence-corrected chi connectivity index (χ2v) is 6.06. The summed E-state index contributed by atoms with van der Waals surface area (Å²) in [6.45, 7) is 0. The summed E-state index contributed by atoms with van der Waals surface area (Å²) < 4.78 is 118. The zero-order valence-corrected chi connectivity index (χ0v) is 10.0. The van der Waals surface area contributed by atoms with Gasteiger partial charge in [0.2, 0.25) is 0 Å². The van der Waals surface area contributed by atoms with Crippen molar-refractivity contribution in [1.29, 1.82) is 0 Å². The summed E-state index contributed by atoms with van der Waals surface area (Å²) in [5, 5.41) is 0. The molecule has 0 spiro atoms. The van der Waals surface area contributed by atoms with Crippen LogP contribution in [0.15, 0.2) is 0 Å². The van der Waals surface area contributed by atoms with E-state index < -0.39 is 58.9 Å². The van der Waals surface area contributed by atoms with Crippen molar-refractivity contribution in [2.75, 3.05) is 11.5 Å². The zero-order chi connectivity index (χ0) is 15.5. The van der Waals surface area contributed by atoms with E-state index in [9.17, 15) is 43.5 Å². The fourth-order valence-electron chi connectivity index (χ4n) is 1.24. The Morgan fingerprint density at radius 1 is 0.737 bits per heavy atom. The van der Waals surface area contributed by atoms with E-state index in [1.165, 1.54) is 0 Å². The Balaban J connectivity index is 4.41. The molecule has 2 unspecified atom stereocenters. The molecule has 0 aliphatic rings. The van der Waals surface area contributed by atoms with E-state index in [0.29, 0.717) is 0 Å². The van der Waals surface area contributed by atoms with Crippen molar-refractivity contribution in [1.82, 2.24) is 0 Å². The minimum absolute atomic E-state index is 1.66. The van der Waals surface area contributed by atoms with Crippen molar-refractivity contribution < 1.29 is 43.5 Å². The SMILES string of the molecule is O=S(=O)(CC(F)CC(F)(F)F)CC(F)CC(F)(F)F. The lowest BCUT2D eigenvalue weighted by Crippen LogP contribution is -2.30. The van der Waals surface area contributed by atoms with Crippen LogP contribution in [0.3, 0.4) is 0 Å². The van der Waals surface area contributed by atoms with Crippen molar-refractivity contribution in [2.24, 2.45) is 0 Å². The van der Waals surface area contributed by atoms with Gasteiger partial charge < -0.3 is 0 Å². The van der Waals surface area contributed by atoms with Crippen LogP contribution in [0.5, 0.6) is 0 Å². The van der Waals surface area contributed by atoms with Gasteiger partial charge in [0.15, 0.2) is 9.84 Å². The first-order chi connectivity index (χ1) is 8.20. The minimum Gasteiger partial charge on any atom is -0.246 e. The van der Waals surface area contributed by atoms with E-state index >= 15 is 0 Å². The molecule has 116 valence electrons. The third-order valence-electron chi connectivity index (χ3n) is 1.78. The van der Waals surface area contributed by atoms with Gasteiger partial charge in [-0.25, -0.2) is 17.2 Å². The number of rotatable bonds is 6. The fourth-order valence-corrected chi connectivity index (χ4v) is 2.71. The quantitative estimate of drug-likeness (QED) is 0.705. The molecule has 0 N–H and O–H groups in total. The van der Waals surface area contributed by atoms with E-state index in [1.807, 2.05) is 0 Å². The molecule has 0 saturated carbocycles. The molecule has 0 aromatic rings. The summed E-state index contributed by atoms with van der Waals surface area (Å²) in [4.78, 5) is 0. The van der Waals surface area contributed by atoms with Crippen molar-refractivity contribution in [3.8, 4) is 0 Å². The Morgan fingerprint density at radius 2 is 1.00 bits per heavy atom. The van der Waals surface area contributed by atoms with Gasteiger partial charge in [0.05, 0.1) is 24.3 Å². The molecule has 11 heteroatoms. The Hall–Kier alpha value is -0.610. The Kier molecular flexibility index (Phi) is 6.03. The van der Waals surface area contributed by atoms with Gasteiger partial charge >= 0.3 is 12.4 Å². The summed E-state index contributed by atoms with van der Waals surface area (Å²) in [6, 6.07) is 0. The van der Waals surface area contributed by atoms with Crippen molar-refractivity contribution in [2.45, 2.75) is 37.5 Å². The highest BCUT2D eigenvalue weighted by molar-refractivity contribution is 7.91. The standard InChI is InChI=1S/C8H10F8O2S/c9-5(1-7(11,12)13)3-19(17,18)4-6(10)2-8(14,15)16/h5-6H,1-4H2. The van der Waals surface area contributed by atoms with Gasteiger partial charge in [0.1, 0.15) is 12.3 Å². The van der Waals surface area contributed by atoms with Crippen LogP contribution >= 0.6 is 0 Å². The summed E-state index contributed by atoms with van der Waals surface area (Å²) in [7, 11) is -4.67. The molecular formula is C8H10F8O2S. The molecule has 0 rings (SSSR count). The lowest BCUT2D eigenvalue weighted by Gasteiger charge is -2.14. The lowest BCUT2D eigenvalue weighted by atomic mass is 10.3. The predicted molar refractivity (Wildman–Crippen MR) is 49.8 cm³/mol. The summed E-state index contributed by atoms with van der Waals surface area (Å²) >= 11 is 0. The Bertz CT molecular complexity index is 341. The molecular weight excluding hydrogens is 312 g/mol. The molecule has 0 amide bonds. The van der Waals surface area contributed by atoms with Gasteiger partial charge in [0, 0.05) is 0 Å². The molecule has 0 saturated heterocycles. The fraction of sp³-hybridized carbons (Fsp3) is 1.00. The molecule has 0 radical (unpaired) electrons. The number of hydrogen-bond donors (Lipinski definition) is 0. The first-order valence-corrected chi connectivity index (χ1v) is 6.64. The van der Waals surface area contributed by atoms with E-state index in [1.54, 1.807) is 0 Å². The number of sulfone groups is 1. The zero-order valence-electron chi connectivity index (χ0n) is 9.23. The van der Waals surface area contributed by atoms with E-state index in [-0.39, 0.29) is 0 Å². The van der Waals surface area contributed by atoms with Gasteiger partial charge in [-0.1, -0.05) is 0 Å². The van der Waals surface area contributed by atoms with Gasteiger partial charge in [0.25, 0.3) is 0 Å². The van der Waals surface area contributed by atoms with Gasteiger partial charge in [-0.3, -0.25) is 0 Å². The van der Waals surface area contributed by atoms with Crippen LogP contribution < -0.4 is 0 Å². The van der Waals surface area contributed by atoms with Gasteiger partial charge in [-0.2, -0.15) is 26.3 Å². The molecule has 0 bridgehead atoms. The van der Waals surface area contributed by atoms with E-state index in [4.69, 9.17) is 0 Å². The second-order valence-electron chi connectivity index (χ2n) is 3.91. The smallest absolute Gasteiger partial charge is 0.246 e. The highest BCUT2D eigenvalue weighted by atomic mass is 32.2. The van der Waals surface area contributed by atoms with Crippen molar-refractivity contribution in [3.05, 3.63) is 0 Å². The molecule has 2 nitrogen and oxygen atoms in total. The molecule has 2 atom stereocenters. The molecule has 0 fully saturated rings. The van der Waals surface area contributed by atoms with Crippen molar-refractivity contribution >= 4 is 9.84 Å². The van der Waals surface area contributed by atoms with E-state index in [2.05, 4.69) is 0 Å². The van der Waals surface area contributed by atoms with Crippen LogP contribution in [0.25, 0.3) is 0 Å². The average Bonchev–Trinajstić information content (AvgIpc) is 1.89. The molecule has 0 aliphatic heterocycles. The first-order valence-electron chi connectivity index (χ1n) is 4.82. The highest BCUT2D eigenvalue weighted by Gasteiger charge is 2.37. The molecule has 19 heavy (non-hydrogen) atoms. The maximum Gasteiger partial charge on any atom is 0.391 e. The first kappa shape index (κ1) is 18.4. The minimum atomic E-state index is -4.95. The Labute approximate surface area is 103 Å².